The van der Waals surface area contributed by atoms with Crippen molar-refractivity contribution in [3.05, 3.63) is 121 Å². The monoisotopic (exact) mass is 471 g/mol. The molecule has 0 bridgehead atoms. The lowest BCUT2D eigenvalue weighted by molar-refractivity contribution is 0.578. The maximum absolute atomic E-state index is 13.7. The normalized spacial score (nSPS) is 12.8. The van der Waals surface area contributed by atoms with Gasteiger partial charge in [0, 0.05) is 5.66 Å². The Morgan fingerprint density at radius 2 is 1.21 bits per heavy atom. The fraction of sp³-hybridized carbons (Fsp3) is 0.0769. The van der Waals surface area contributed by atoms with Crippen molar-refractivity contribution in [3.8, 4) is 0 Å². The summed E-state index contributed by atoms with van der Waals surface area (Å²) in [6.07, 6.45) is 0. The number of fused-ring (bicyclic) bond motifs is 1. The molecule has 5 rings (SSSR count). The second-order valence-electron chi connectivity index (χ2n) is 7.67. The summed E-state index contributed by atoms with van der Waals surface area (Å²) in [6, 6.07) is 37.4. The molecule has 0 N–H and O–H groups in total. The van der Waals surface area contributed by atoms with Crippen LogP contribution in [0, 0.1) is 0 Å². The van der Waals surface area contributed by atoms with E-state index in [9.17, 15) is 8.42 Å². The topological polar surface area (TPSA) is 64.8 Å². The zero-order chi connectivity index (χ0) is 22.7. The molecule has 164 valence electrons. The fourth-order valence-electron chi connectivity index (χ4n) is 4.00. The van der Waals surface area contributed by atoms with Gasteiger partial charge in [-0.2, -0.15) is 0 Å². The first kappa shape index (κ1) is 21.5. The highest BCUT2D eigenvalue weighted by molar-refractivity contribution is 7.90. The van der Waals surface area contributed by atoms with E-state index in [4.69, 9.17) is 0 Å². The maximum Gasteiger partial charge on any atom is 0.256 e. The van der Waals surface area contributed by atoms with Crippen molar-refractivity contribution in [3.63, 3.8) is 0 Å². The maximum atomic E-state index is 13.7. The Labute approximate surface area is 194 Å². The fourth-order valence-corrected chi connectivity index (χ4v) is 8.98. The molecule has 5 nitrogen and oxygen atoms in total. The highest BCUT2D eigenvalue weighted by Crippen LogP contribution is 2.50. The molecule has 0 saturated carbocycles. The minimum atomic E-state index is -3.79. The van der Waals surface area contributed by atoms with Gasteiger partial charge in [-0.3, -0.25) is 0 Å². The molecule has 1 heterocycles. The van der Waals surface area contributed by atoms with Gasteiger partial charge in [0.25, 0.3) is 10.0 Å². The van der Waals surface area contributed by atoms with E-state index < -0.39 is 17.9 Å². The van der Waals surface area contributed by atoms with Crippen molar-refractivity contribution in [1.29, 1.82) is 0 Å². The van der Waals surface area contributed by atoms with E-state index in [0.717, 1.165) is 20.3 Å². The number of hydrogen-bond donors (Lipinski definition) is 0. The van der Waals surface area contributed by atoms with Gasteiger partial charge in [-0.05, 0) is 36.2 Å². The SMILES string of the molecule is O=S(=O)(C[C@@H](c1ccccc1)P(c1ccccc1)c1ccccc1)n1nnc2ccccc21. The Kier molecular flexibility index (Phi) is 6.03. The lowest BCUT2D eigenvalue weighted by Gasteiger charge is -2.29. The number of nitrogens with zero attached hydrogens (tertiary/aromatic N) is 3. The predicted molar refractivity (Wildman–Crippen MR) is 135 cm³/mol. The smallest absolute Gasteiger partial charge is 0.205 e. The third-order valence-electron chi connectivity index (χ3n) is 5.52. The van der Waals surface area contributed by atoms with Gasteiger partial charge in [0.05, 0.1) is 5.75 Å². The summed E-state index contributed by atoms with van der Waals surface area (Å²) in [4.78, 5) is 0. The van der Waals surface area contributed by atoms with Gasteiger partial charge in [0.2, 0.25) is 0 Å². The first-order valence-corrected chi connectivity index (χ1v) is 13.6. The molecule has 0 aliphatic carbocycles. The number of rotatable bonds is 7. The lowest BCUT2D eigenvalue weighted by atomic mass is 10.2. The second kappa shape index (κ2) is 9.26. The van der Waals surface area contributed by atoms with Crippen LogP contribution in [0.2, 0.25) is 0 Å². The molecule has 0 aliphatic heterocycles. The molecule has 4 aromatic carbocycles. The molecule has 0 aliphatic rings. The van der Waals surface area contributed by atoms with Crippen LogP contribution in [0.4, 0.5) is 0 Å². The zero-order valence-electron chi connectivity index (χ0n) is 17.8. The molecular formula is C26H22N3O2PS. The molecule has 5 aromatic rings. The number of para-hydroxylation sites is 1. The van der Waals surface area contributed by atoms with Crippen molar-refractivity contribution < 1.29 is 8.42 Å². The van der Waals surface area contributed by atoms with Crippen LogP contribution in [0.3, 0.4) is 0 Å². The van der Waals surface area contributed by atoms with E-state index in [1.807, 2.05) is 72.8 Å². The average Bonchev–Trinajstić information content (AvgIpc) is 3.31. The van der Waals surface area contributed by atoms with Crippen molar-refractivity contribution >= 4 is 39.6 Å². The van der Waals surface area contributed by atoms with Gasteiger partial charge in [0.1, 0.15) is 11.0 Å². The van der Waals surface area contributed by atoms with Gasteiger partial charge >= 0.3 is 0 Å². The highest BCUT2D eigenvalue weighted by atomic mass is 32.2. The number of benzene rings is 4. The van der Waals surface area contributed by atoms with Gasteiger partial charge in [-0.1, -0.05) is 108 Å². The van der Waals surface area contributed by atoms with E-state index in [0.29, 0.717) is 11.0 Å². The Balaban J connectivity index is 1.66. The summed E-state index contributed by atoms with van der Waals surface area (Å²) < 4.78 is 28.5. The summed E-state index contributed by atoms with van der Waals surface area (Å²) in [5.74, 6) is -0.0835. The molecule has 33 heavy (non-hydrogen) atoms. The standard InChI is InChI=1S/C26H22N3O2PS/c30-33(31,29-25-19-11-10-18-24(25)27-28-29)20-26(21-12-4-1-5-13-21)32(22-14-6-2-7-15-22)23-16-8-3-9-17-23/h1-19,26H,20H2/t26-/m0/s1. The number of aromatic nitrogens is 3. The molecule has 1 aromatic heterocycles. The summed E-state index contributed by atoms with van der Waals surface area (Å²) >= 11 is 0. The Morgan fingerprint density at radius 1 is 0.697 bits per heavy atom. The van der Waals surface area contributed by atoms with Crippen molar-refractivity contribution in [2.45, 2.75) is 5.66 Å². The van der Waals surface area contributed by atoms with E-state index in [1.165, 1.54) is 0 Å². The van der Waals surface area contributed by atoms with E-state index >= 15 is 0 Å². The van der Waals surface area contributed by atoms with Gasteiger partial charge in [0.15, 0.2) is 0 Å². The van der Waals surface area contributed by atoms with Crippen LogP contribution in [0.25, 0.3) is 11.0 Å². The molecule has 0 radical (unpaired) electrons. The third-order valence-corrected chi connectivity index (χ3v) is 10.1. The Bertz CT molecular complexity index is 1420. The lowest BCUT2D eigenvalue weighted by Crippen LogP contribution is -2.26. The molecule has 1 atom stereocenters. The van der Waals surface area contributed by atoms with Gasteiger partial charge in [-0.25, -0.2) is 8.42 Å². The first-order valence-electron chi connectivity index (χ1n) is 10.6. The predicted octanol–water partition coefficient (Wildman–Crippen LogP) is 4.48. The van der Waals surface area contributed by atoms with E-state index in [1.54, 1.807) is 18.2 Å². The van der Waals surface area contributed by atoms with Crippen LogP contribution < -0.4 is 10.6 Å². The van der Waals surface area contributed by atoms with Crippen LogP contribution in [-0.4, -0.2) is 28.6 Å². The summed E-state index contributed by atoms with van der Waals surface area (Å²) in [5.41, 5.74) is 1.78. The van der Waals surface area contributed by atoms with Crippen molar-refractivity contribution in [2.75, 3.05) is 5.75 Å². The summed E-state index contributed by atoms with van der Waals surface area (Å²) in [7, 11) is -4.81. The molecular weight excluding hydrogens is 449 g/mol. The van der Waals surface area contributed by atoms with E-state index in [-0.39, 0.29) is 11.4 Å². The zero-order valence-corrected chi connectivity index (χ0v) is 19.5. The molecule has 7 heteroatoms. The van der Waals surface area contributed by atoms with Crippen LogP contribution in [-0.2, 0) is 10.0 Å². The second-order valence-corrected chi connectivity index (χ2v) is 11.9. The average molecular weight is 472 g/mol. The quantitative estimate of drug-likeness (QED) is 0.328. The molecule has 0 fully saturated rings. The van der Waals surface area contributed by atoms with Crippen LogP contribution in [0.1, 0.15) is 11.2 Å². The van der Waals surface area contributed by atoms with Crippen molar-refractivity contribution in [1.82, 2.24) is 14.4 Å². The Morgan fingerprint density at radius 3 is 1.82 bits per heavy atom. The minimum absolute atomic E-state index is 0.0835. The first-order chi connectivity index (χ1) is 16.1. The molecule has 0 amide bonds. The van der Waals surface area contributed by atoms with Gasteiger partial charge in [-0.15, -0.1) is 9.19 Å². The molecule has 0 spiro atoms. The largest absolute Gasteiger partial charge is 0.256 e. The van der Waals surface area contributed by atoms with Crippen LogP contribution >= 0.6 is 7.92 Å². The van der Waals surface area contributed by atoms with Crippen LogP contribution in [0.5, 0.6) is 0 Å². The highest BCUT2D eigenvalue weighted by Gasteiger charge is 2.32. The summed E-state index contributed by atoms with van der Waals surface area (Å²) in [5, 5.41) is 10.3. The van der Waals surface area contributed by atoms with Gasteiger partial charge < -0.3 is 0 Å². The number of hydrogen-bond acceptors (Lipinski definition) is 4. The molecule has 0 unspecified atom stereocenters. The van der Waals surface area contributed by atoms with Crippen molar-refractivity contribution in [2.24, 2.45) is 0 Å². The van der Waals surface area contributed by atoms with Crippen LogP contribution in [0.15, 0.2) is 115 Å². The Hall–Kier alpha value is -3.34. The third kappa shape index (κ3) is 4.45. The summed E-state index contributed by atoms with van der Waals surface area (Å²) in [6.45, 7) is 0. The molecule has 0 saturated heterocycles. The van der Waals surface area contributed by atoms with E-state index in [2.05, 4.69) is 34.6 Å². The minimum Gasteiger partial charge on any atom is -0.205 e.